The van der Waals surface area contributed by atoms with E-state index in [-0.39, 0.29) is 11.4 Å². The molecule has 6 heteroatoms. The van der Waals surface area contributed by atoms with E-state index in [1.807, 2.05) is 6.07 Å². The van der Waals surface area contributed by atoms with Gasteiger partial charge in [0.25, 0.3) is 5.91 Å². The zero-order valence-corrected chi connectivity index (χ0v) is 12.7. The number of amides is 1. The minimum atomic E-state index is -0.526. The highest BCUT2D eigenvalue weighted by Gasteiger charge is 2.10. The van der Waals surface area contributed by atoms with Crippen LogP contribution >= 0.6 is 0 Å². The third-order valence-corrected chi connectivity index (χ3v) is 2.81. The van der Waals surface area contributed by atoms with E-state index in [1.54, 1.807) is 31.4 Å². The van der Waals surface area contributed by atoms with E-state index < -0.39 is 5.91 Å². The molecule has 0 radical (unpaired) electrons. The first-order valence-electron chi connectivity index (χ1n) is 6.83. The number of methoxy groups -OCH3 is 1. The van der Waals surface area contributed by atoms with Crippen LogP contribution in [0.4, 0.5) is 5.69 Å². The van der Waals surface area contributed by atoms with Crippen LogP contribution in [0.3, 0.4) is 0 Å². The second kappa shape index (κ2) is 9.32. The number of nitriles is 1. The molecule has 0 saturated heterocycles. The standard InChI is InChI=1S/C16H19N3O3/c1-12(20)13-5-3-6-15(9-13)19-16(21)14(10-17)11-18-7-4-8-22-2/h3,5-6,9,11,18H,4,7-8H2,1-2H3,(H,19,21)/b14-11-. The van der Waals surface area contributed by atoms with Gasteiger partial charge in [0.15, 0.2) is 5.78 Å². The first-order chi connectivity index (χ1) is 10.6. The molecule has 0 aliphatic heterocycles. The summed E-state index contributed by atoms with van der Waals surface area (Å²) in [5.41, 5.74) is 0.932. The van der Waals surface area contributed by atoms with Gasteiger partial charge in [-0.2, -0.15) is 5.26 Å². The van der Waals surface area contributed by atoms with E-state index in [1.165, 1.54) is 13.1 Å². The van der Waals surface area contributed by atoms with Crippen molar-refractivity contribution < 1.29 is 14.3 Å². The molecule has 0 aliphatic carbocycles. The number of nitrogens with zero attached hydrogens (tertiary/aromatic N) is 1. The highest BCUT2D eigenvalue weighted by molar-refractivity contribution is 6.07. The van der Waals surface area contributed by atoms with E-state index in [4.69, 9.17) is 10.00 Å². The number of carbonyl (C=O) groups excluding carboxylic acids is 2. The Hall–Kier alpha value is -2.65. The average Bonchev–Trinajstić information content (AvgIpc) is 2.51. The molecular weight excluding hydrogens is 282 g/mol. The van der Waals surface area contributed by atoms with Crippen LogP contribution in [0.5, 0.6) is 0 Å². The smallest absolute Gasteiger partial charge is 0.267 e. The fraction of sp³-hybridized carbons (Fsp3) is 0.312. The third kappa shape index (κ3) is 5.77. The van der Waals surface area contributed by atoms with Crippen LogP contribution in [0.15, 0.2) is 36.0 Å². The number of ketones is 1. The number of ether oxygens (including phenoxy) is 1. The lowest BCUT2D eigenvalue weighted by Gasteiger charge is -2.06. The Morgan fingerprint density at radius 1 is 1.41 bits per heavy atom. The normalized spacial score (nSPS) is 10.7. The maximum absolute atomic E-state index is 12.0. The Bertz CT molecular complexity index is 603. The lowest BCUT2D eigenvalue weighted by Crippen LogP contribution is -2.17. The van der Waals surface area contributed by atoms with Crippen LogP contribution in [-0.2, 0) is 9.53 Å². The summed E-state index contributed by atoms with van der Waals surface area (Å²) in [4.78, 5) is 23.3. The van der Waals surface area contributed by atoms with E-state index in [0.717, 1.165) is 6.42 Å². The van der Waals surface area contributed by atoms with Crippen molar-refractivity contribution in [2.45, 2.75) is 13.3 Å². The van der Waals surface area contributed by atoms with Crippen LogP contribution in [-0.4, -0.2) is 32.0 Å². The molecule has 0 unspecified atom stereocenters. The summed E-state index contributed by atoms with van der Waals surface area (Å²) in [6.45, 7) is 2.66. The van der Waals surface area contributed by atoms with Gasteiger partial charge in [0.1, 0.15) is 11.6 Å². The molecule has 6 nitrogen and oxygen atoms in total. The van der Waals surface area contributed by atoms with Crippen LogP contribution in [0.1, 0.15) is 23.7 Å². The van der Waals surface area contributed by atoms with Crippen LogP contribution in [0.2, 0.25) is 0 Å². The minimum Gasteiger partial charge on any atom is -0.390 e. The second-order valence-corrected chi connectivity index (χ2v) is 4.56. The number of carbonyl (C=O) groups is 2. The number of anilines is 1. The first kappa shape index (κ1) is 17.4. The predicted octanol–water partition coefficient (Wildman–Crippen LogP) is 1.86. The number of hydrogen-bond donors (Lipinski definition) is 2. The average molecular weight is 301 g/mol. The molecule has 116 valence electrons. The number of hydrogen-bond acceptors (Lipinski definition) is 5. The van der Waals surface area contributed by atoms with E-state index >= 15 is 0 Å². The van der Waals surface area contributed by atoms with Gasteiger partial charge in [-0.1, -0.05) is 12.1 Å². The second-order valence-electron chi connectivity index (χ2n) is 4.56. The maximum Gasteiger partial charge on any atom is 0.267 e. The third-order valence-electron chi connectivity index (χ3n) is 2.81. The van der Waals surface area contributed by atoms with Crippen molar-refractivity contribution in [2.24, 2.45) is 0 Å². The van der Waals surface area contributed by atoms with Crippen molar-refractivity contribution in [1.29, 1.82) is 5.26 Å². The zero-order valence-electron chi connectivity index (χ0n) is 12.7. The summed E-state index contributed by atoms with van der Waals surface area (Å²) in [6.07, 6.45) is 2.15. The fourth-order valence-corrected chi connectivity index (χ4v) is 1.66. The molecule has 0 heterocycles. The summed E-state index contributed by atoms with van der Waals surface area (Å²) in [5, 5.41) is 14.5. The Morgan fingerprint density at radius 2 is 2.18 bits per heavy atom. The molecule has 1 aromatic rings. The molecule has 22 heavy (non-hydrogen) atoms. The van der Waals surface area contributed by atoms with Crippen molar-refractivity contribution in [2.75, 3.05) is 25.6 Å². The fourth-order valence-electron chi connectivity index (χ4n) is 1.66. The number of rotatable bonds is 8. The monoisotopic (exact) mass is 301 g/mol. The van der Waals surface area contributed by atoms with Crippen molar-refractivity contribution in [1.82, 2.24) is 5.32 Å². The largest absolute Gasteiger partial charge is 0.390 e. The summed E-state index contributed by atoms with van der Waals surface area (Å²) in [6, 6.07) is 8.40. The Morgan fingerprint density at radius 3 is 2.82 bits per heavy atom. The zero-order chi connectivity index (χ0) is 16.4. The minimum absolute atomic E-state index is 0.0364. The van der Waals surface area contributed by atoms with Gasteiger partial charge in [-0.3, -0.25) is 9.59 Å². The van der Waals surface area contributed by atoms with Crippen LogP contribution in [0.25, 0.3) is 0 Å². The summed E-state index contributed by atoms with van der Waals surface area (Å²) in [7, 11) is 1.61. The SMILES string of the molecule is COCCCN/C=C(/C#N)C(=O)Nc1cccc(C(C)=O)c1. The van der Waals surface area contributed by atoms with Crippen molar-refractivity contribution in [3.05, 3.63) is 41.6 Å². The predicted molar refractivity (Wildman–Crippen MR) is 83.3 cm³/mol. The van der Waals surface area contributed by atoms with E-state index in [9.17, 15) is 9.59 Å². The van der Waals surface area contributed by atoms with Gasteiger partial charge in [0.2, 0.25) is 0 Å². The van der Waals surface area contributed by atoms with Gasteiger partial charge >= 0.3 is 0 Å². The lowest BCUT2D eigenvalue weighted by molar-refractivity contribution is -0.112. The molecule has 0 atom stereocenters. The Balaban J connectivity index is 2.65. The molecule has 0 aromatic heterocycles. The number of benzene rings is 1. The quantitative estimate of drug-likeness (QED) is 0.331. The van der Waals surface area contributed by atoms with Crippen molar-refractivity contribution >= 4 is 17.4 Å². The van der Waals surface area contributed by atoms with Crippen molar-refractivity contribution in [3.8, 4) is 6.07 Å². The van der Waals surface area contributed by atoms with E-state index in [2.05, 4.69) is 10.6 Å². The molecule has 2 N–H and O–H groups in total. The molecule has 0 aliphatic rings. The lowest BCUT2D eigenvalue weighted by atomic mass is 10.1. The van der Waals surface area contributed by atoms with Crippen molar-refractivity contribution in [3.63, 3.8) is 0 Å². The highest BCUT2D eigenvalue weighted by atomic mass is 16.5. The Labute approximate surface area is 129 Å². The van der Waals surface area contributed by atoms with Crippen LogP contribution < -0.4 is 10.6 Å². The van der Waals surface area contributed by atoms with Gasteiger partial charge in [0, 0.05) is 37.7 Å². The molecule has 0 spiro atoms. The molecule has 1 rings (SSSR count). The Kier molecular flexibility index (Phi) is 7.37. The summed E-state index contributed by atoms with van der Waals surface area (Å²) < 4.78 is 4.90. The summed E-state index contributed by atoms with van der Waals surface area (Å²) in [5.74, 6) is -0.616. The highest BCUT2D eigenvalue weighted by Crippen LogP contribution is 2.12. The van der Waals surface area contributed by atoms with Gasteiger partial charge in [0.05, 0.1) is 0 Å². The molecule has 1 aromatic carbocycles. The van der Waals surface area contributed by atoms with E-state index in [0.29, 0.717) is 24.4 Å². The molecule has 0 saturated carbocycles. The molecule has 0 fully saturated rings. The molecule has 1 amide bonds. The number of Topliss-reactive ketones (excluding diaryl/α,β-unsaturated/α-hetero) is 1. The topological polar surface area (TPSA) is 91.2 Å². The van der Waals surface area contributed by atoms with Gasteiger partial charge in [-0.25, -0.2) is 0 Å². The summed E-state index contributed by atoms with van der Waals surface area (Å²) >= 11 is 0. The van der Waals surface area contributed by atoms with Gasteiger partial charge < -0.3 is 15.4 Å². The number of nitrogens with one attached hydrogen (secondary N) is 2. The first-order valence-corrected chi connectivity index (χ1v) is 6.83. The molecular formula is C16H19N3O3. The van der Waals surface area contributed by atoms with Crippen LogP contribution in [0, 0.1) is 11.3 Å². The van der Waals surface area contributed by atoms with Gasteiger partial charge in [-0.15, -0.1) is 0 Å². The molecule has 0 bridgehead atoms. The van der Waals surface area contributed by atoms with Gasteiger partial charge in [-0.05, 0) is 25.5 Å². The maximum atomic E-state index is 12.0.